The van der Waals surface area contributed by atoms with Crippen molar-refractivity contribution in [2.24, 2.45) is 5.73 Å². The molecule has 4 N–H and O–H groups in total. The van der Waals surface area contributed by atoms with Gasteiger partial charge in [0.05, 0.1) is 0 Å². The topological polar surface area (TPSA) is 78.6 Å². The second kappa shape index (κ2) is 25.4. The van der Waals surface area contributed by atoms with Crippen LogP contribution >= 0.6 is 0 Å². The second-order valence-electron chi connectivity index (χ2n) is 7.24. The molecule has 0 aromatic rings. The third-order valence-electron chi connectivity index (χ3n) is 4.81. The fraction of sp³-hybridized carbons (Fsp3) is 0.955. The van der Waals surface area contributed by atoms with E-state index in [4.69, 9.17) is 10.8 Å². The fourth-order valence-corrected chi connectivity index (χ4v) is 2.94. The number of nitrogens with two attached hydrogens (primary N) is 1. The Morgan fingerprint density at radius 3 is 1.70 bits per heavy atom. The van der Waals surface area contributed by atoms with Gasteiger partial charge in [0.25, 0.3) is 0 Å². The van der Waals surface area contributed by atoms with Crippen LogP contribution in [0.1, 0.15) is 97.8 Å². The molecule has 164 valence electrons. The van der Waals surface area contributed by atoms with Crippen molar-refractivity contribution < 1.29 is 9.90 Å². The third-order valence-corrected chi connectivity index (χ3v) is 4.81. The van der Waals surface area contributed by atoms with Gasteiger partial charge in [0, 0.05) is 32.6 Å². The molecule has 0 amide bonds. The summed E-state index contributed by atoms with van der Waals surface area (Å²) in [6, 6.07) is 0. The number of carboxylic acids is 1. The lowest BCUT2D eigenvalue weighted by Gasteiger charge is -2.17. The smallest absolute Gasteiger partial charge is 0.303 e. The van der Waals surface area contributed by atoms with Crippen LogP contribution in [0.15, 0.2) is 0 Å². The highest BCUT2D eigenvalue weighted by molar-refractivity contribution is 5.66. The van der Waals surface area contributed by atoms with E-state index < -0.39 is 5.97 Å². The molecular weight excluding hydrogens is 338 g/mol. The van der Waals surface area contributed by atoms with E-state index in [0.717, 1.165) is 52.1 Å². The third kappa shape index (κ3) is 27.7. The van der Waals surface area contributed by atoms with E-state index in [9.17, 15) is 4.79 Å². The molecule has 0 radical (unpaired) electrons. The van der Waals surface area contributed by atoms with Gasteiger partial charge < -0.3 is 21.1 Å². The maximum absolute atomic E-state index is 10.3. The average Bonchev–Trinajstić information content (AvgIpc) is 2.66. The normalized spacial score (nSPS) is 10.7. The number of aliphatic carboxylic acids is 1. The summed E-state index contributed by atoms with van der Waals surface area (Å²) in [7, 11) is 0. The molecule has 0 saturated heterocycles. The molecule has 0 atom stereocenters. The van der Waals surface area contributed by atoms with Crippen LogP contribution in [0.2, 0.25) is 0 Å². The largest absolute Gasteiger partial charge is 0.481 e. The number of likely N-dealkylation sites (N-methyl/N-ethyl adjacent to an activating group) is 1. The van der Waals surface area contributed by atoms with Gasteiger partial charge in [0.2, 0.25) is 0 Å². The van der Waals surface area contributed by atoms with Crippen LogP contribution in [-0.2, 0) is 4.79 Å². The molecule has 5 heteroatoms. The number of rotatable bonds is 19. The molecule has 0 spiro atoms. The zero-order chi connectivity index (χ0) is 20.6. The van der Waals surface area contributed by atoms with Crippen LogP contribution in [-0.4, -0.2) is 55.2 Å². The van der Waals surface area contributed by atoms with Crippen LogP contribution in [0.25, 0.3) is 0 Å². The molecule has 0 aliphatic rings. The molecule has 0 heterocycles. The van der Waals surface area contributed by atoms with Crippen molar-refractivity contribution in [2.75, 3.05) is 39.3 Å². The van der Waals surface area contributed by atoms with Crippen molar-refractivity contribution in [3.8, 4) is 0 Å². The van der Waals surface area contributed by atoms with Crippen LogP contribution < -0.4 is 11.1 Å². The van der Waals surface area contributed by atoms with Crippen LogP contribution in [0.4, 0.5) is 0 Å². The van der Waals surface area contributed by atoms with Crippen molar-refractivity contribution in [3.05, 3.63) is 0 Å². The van der Waals surface area contributed by atoms with Crippen molar-refractivity contribution in [1.82, 2.24) is 10.2 Å². The number of hydrogen-bond donors (Lipinski definition) is 3. The highest BCUT2D eigenvalue weighted by Crippen LogP contribution is 2.11. The highest BCUT2D eigenvalue weighted by atomic mass is 16.4. The summed E-state index contributed by atoms with van der Waals surface area (Å²) in [6.07, 6.45) is 14.4. The molecule has 0 aliphatic carbocycles. The van der Waals surface area contributed by atoms with Gasteiger partial charge in [-0.15, -0.1) is 0 Å². The Bertz CT molecular complexity index is 285. The Labute approximate surface area is 169 Å². The first-order valence-corrected chi connectivity index (χ1v) is 11.5. The standard InChI is InChI=1S/C14H28O2.C8H21N3/c1-2-3-4-5-6-7-8-9-10-11-12-13-14(15)16;1-3-11(4-2)8-7-10-6-5-9/h2-13H2,1H3,(H,15,16);10H,3-9H2,1-2H3. The first-order valence-electron chi connectivity index (χ1n) is 11.5. The van der Waals surface area contributed by atoms with Crippen LogP contribution in [0, 0.1) is 0 Å². The average molecular weight is 388 g/mol. The van der Waals surface area contributed by atoms with Gasteiger partial charge in [-0.3, -0.25) is 4.79 Å². The summed E-state index contributed by atoms with van der Waals surface area (Å²) in [4.78, 5) is 12.7. The zero-order valence-corrected chi connectivity index (χ0v) is 18.6. The number of carboxylic acid groups (broad SMARTS) is 1. The maximum atomic E-state index is 10.3. The number of nitrogens with one attached hydrogen (secondary N) is 1. The molecule has 5 nitrogen and oxygen atoms in total. The number of nitrogens with zero attached hydrogens (tertiary/aromatic N) is 1. The molecule has 0 aliphatic heterocycles. The zero-order valence-electron chi connectivity index (χ0n) is 18.6. The first kappa shape index (κ1) is 28.6. The summed E-state index contributed by atoms with van der Waals surface area (Å²) in [5.74, 6) is -0.657. The SMILES string of the molecule is CCCCCCCCCCCCCC(=O)O.CCN(CC)CCNCCN. The Balaban J connectivity index is 0. The minimum Gasteiger partial charge on any atom is -0.481 e. The van der Waals surface area contributed by atoms with Gasteiger partial charge in [0.15, 0.2) is 0 Å². The number of hydrogen-bond acceptors (Lipinski definition) is 4. The van der Waals surface area contributed by atoms with Gasteiger partial charge >= 0.3 is 5.97 Å². The summed E-state index contributed by atoms with van der Waals surface area (Å²) < 4.78 is 0. The predicted octanol–water partition coefficient (Wildman–Crippen LogP) is 4.65. The minimum atomic E-state index is -0.657. The lowest BCUT2D eigenvalue weighted by molar-refractivity contribution is -0.137. The van der Waals surface area contributed by atoms with E-state index in [0.29, 0.717) is 6.42 Å². The van der Waals surface area contributed by atoms with E-state index in [1.165, 1.54) is 57.8 Å². The molecule has 0 aromatic carbocycles. The molecule has 0 bridgehead atoms. The molecule has 0 fully saturated rings. The lowest BCUT2D eigenvalue weighted by atomic mass is 10.1. The van der Waals surface area contributed by atoms with Gasteiger partial charge in [-0.1, -0.05) is 85.0 Å². The van der Waals surface area contributed by atoms with Crippen LogP contribution in [0.5, 0.6) is 0 Å². The molecule has 27 heavy (non-hydrogen) atoms. The Hall–Kier alpha value is -0.650. The van der Waals surface area contributed by atoms with Crippen molar-refractivity contribution in [1.29, 1.82) is 0 Å². The Morgan fingerprint density at radius 2 is 1.30 bits per heavy atom. The summed E-state index contributed by atoms with van der Waals surface area (Å²) in [5.41, 5.74) is 5.33. The quantitative estimate of drug-likeness (QED) is 0.281. The molecule has 0 unspecified atom stereocenters. The first-order chi connectivity index (χ1) is 13.1. The van der Waals surface area contributed by atoms with Gasteiger partial charge in [-0.05, 0) is 19.5 Å². The second-order valence-corrected chi connectivity index (χ2v) is 7.24. The van der Waals surface area contributed by atoms with Gasteiger partial charge in [-0.2, -0.15) is 0 Å². The Kier molecular flexibility index (Phi) is 26.8. The van der Waals surface area contributed by atoms with E-state index >= 15 is 0 Å². The van der Waals surface area contributed by atoms with Crippen molar-refractivity contribution in [3.63, 3.8) is 0 Å². The van der Waals surface area contributed by atoms with E-state index in [1.54, 1.807) is 0 Å². The summed E-state index contributed by atoms with van der Waals surface area (Å²) >= 11 is 0. The molecule has 0 rings (SSSR count). The monoisotopic (exact) mass is 387 g/mol. The molecule has 0 aromatic heterocycles. The van der Waals surface area contributed by atoms with E-state index in [1.807, 2.05) is 0 Å². The predicted molar refractivity (Wildman–Crippen MR) is 118 cm³/mol. The lowest BCUT2D eigenvalue weighted by Crippen LogP contribution is -2.33. The van der Waals surface area contributed by atoms with Gasteiger partial charge in [-0.25, -0.2) is 0 Å². The van der Waals surface area contributed by atoms with Gasteiger partial charge in [0.1, 0.15) is 0 Å². The summed E-state index contributed by atoms with van der Waals surface area (Å²) in [6.45, 7) is 12.8. The van der Waals surface area contributed by atoms with E-state index in [-0.39, 0.29) is 0 Å². The van der Waals surface area contributed by atoms with Crippen molar-refractivity contribution in [2.45, 2.75) is 97.8 Å². The fourth-order valence-electron chi connectivity index (χ4n) is 2.94. The van der Waals surface area contributed by atoms with E-state index in [2.05, 4.69) is 31.0 Å². The van der Waals surface area contributed by atoms with Crippen molar-refractivity contribution >= 4 is 5.97 Å². The number of unbranched alkanes of at least 4 members (excludes halogenated alkanes) is 10. The molecule has 0 saturated carbocycles. The Morgan fingerprint density at radius 1 is 0.815 bits per heavy atom. The number of carbonyl (C=O) groups is 1. The minimum absolute atomic E-state index is 0.344. The highest BCUT2D eigenvalue weighted by Gasteiger charge is 1.97. The molecular formula is C22H49N3O2. The summed E-state index contributed by atoms with van der Waals surface area (Å²) in [5, 5.41) is 11.7. The maximum Gasteiger partial charge on any atom is 0.303 e. The van der Waals surface area contributed by atoms with Crippen LogP contribution in [0.3, 0.4) is 0 Å².